The first-order valence-electron chi connectivity index (χ1n) is 8.13. The third kappa shape index (κ3) is 3.28. The summed E-state index contributed by atoms with van der Waals surface area (Å²) in [6.07, 6.45) is 6.82. The Bertz CT molecular complexity index is 915. The van der Waals surface area contributed by atoms with Crippen LogP contribution in [0.5, 0.6) is 0 Å². The molecule has 0 aliphatic carbocycles. The SMILES string of the molecule is C=C1N2C[C@@H](CC[C@H]2Cn2cc(-c3cccnc3)nn2)N1OS(=O)(=O)O. The van der Waals surface area contributed by atoms with Gasteiger partial charge in [0.2, 0.25) is 0 Å². The molecule has 0 aromatic carbocycles. The van der Waals surface area contributed by atoms with Gasteiger partial charge in [0.25, 0.3) is 0 Å². The first kappa shape index (κ1) is 16.9. The lowest BCUT2D eigenvalue weighted by Crippen LogP contribution is -2.40. The molecule has 2 fully saturated rings. The van der Waals surface area contributed by atoms with Gasteiger partial charge in [-0.3, -0.25) is 9.54 Å². The summed E-state index contributed by atoms with van der Waals surface area (Å²) in [5.41, 5.74) is 1.63. The predicted molar refractivity (Wildman–Crippen MR) is 90.4 cm³/mol. The Kier molecular flexibility index (Phi) is 4.13. The smallest absolute Gasteiger partial charge is 0.350 e. The maximum absolute atomic E-state index is 11.0. The van der Waals surface area contributed by atoms with Crippen LogP contribution in [0.2, 0.25) is 0 Å². The summed E-state index contributed by atoms with van der Waals surface area (Å²) in [6, 6.07) is 3.69. The summed E-state index contributed by atoms with van der Waals surface area (Å²) < 4.78 is 37.4. The van der Waals surface area contributed by atoms with Crippen molar-refractivity contribution in [3.05, 3.63) is 43.1 Å². The maximum atomic E-state index is 11.0. The van der Waals surface area contributed by atoms with Gasteiger partial charge in [0, 0.05) is 24.5 Å². The molecule has 4 heterocycles. The van der Waals surface area contributed by atoms with E-state index in [4.69, 9.17) is 4.55 Å². The minimum atomic E-state index is -4.58. The Morgan fingerprint density at radius 1 is 1.38 bits per heavy atom. The molecule has 10 nitrogen and oxygen atoms in total. The number of nitrogens with zero attached hydrogens (tertiary/aromatic N) is 6. The van der Waals surface area contributed by atoms with Gasteiger partial charge in [-0.25, -0.2) is 9.75 Å². The molecule has 2 aliphatic rings. The van der Waals surface area contributed by atoms with Crippen molar-refractivity contribution in [2.45, 2.75) is 31.5 Å². The molecule has 2 atom stereocenters. The summed E-state index contributed by atoms with van der Waals surface area (Å²) in [4.78, 5) is 6.06. The van der Waals surface area contributed by atoms with E-state index in [1.165, 1.54) is 5.06 Å². The monoisotopic (exact) mass is 378 g/mol. The van der Waals surface area contributed by atoms with Crippen molar-refractivity contribution in [2.75, 3.05) is 6.54 Å². The standard InChI is InChI=1S/C15H18N6O4S/c1-11-20-9-14(21(11)25-26(22,23)24)5-4-13(20)8-19-10-15(17-18-19)12-3-2-6-16-7-12/h2-3,6-7,10,13-14H,1,4-5,8-9H2,(H,22,23,24)/t13-,14+/m0/s1. The normalized spacial score (nSPS) is 22.9. The van der Waals surface area contributed by atoms with E-state index in [0.29, 0.717) is 18.9 Å². The van der Waals surface area contributed by atoms with Crippen LogP contribution < -0.4 is 0 Å². The van der Waals surface area contributed by atoms with E-state index in [2.05, 4.69) is 26.2 Å². The van der Waals surface area contributed by atoms with Crippen molar-refractivity contribution in [3.8, 4) is 11.3 Å². The highest BCUT2D eigenvalue weighted by Crippen LogP contribution is 2.35. The molecule has 2 saturated heterocycles. The van der Waals surface area contributed by atoms with Gasteiger partial charge in [0.05, 0.1) is 24.8 Å². The zero-order valence-corrected chi connectivity index (χ0v) is 14.7. The summed E-state index contributed by atoms with van der Waals surface area (Å²) in [5, 5.41) is 9.53. The third-order valence-corrected chi connectivity index (χ3v) is 5.02. The van der Waals surface area contributed by atoms with E-state index in [9.17, 15) is 8.42 Å². The second-order valence-electron chi connectivity index (χ2n) is 6.35. The molecule has 138 valence electrons. The first-order valence-corrected chi connectivity index (χ1v) is 9.49. The minimum Gasteiger partial charge on any atom is -0.350 e. The van der Waals surface area contributed by atoms with Gasteiger partial charge in [-0.2, -0.15) is 8.42 Å². The highest BCUT2D eigenvalue weighted by Gasteiger charge is 2.43. The fraction of sp³-hybridized carbons (Fsp3) is 0.400. The Morgan fingerprint density at radius 3 is 2.96 bits per heavy atom. The van der Waals surface area contributed by atoms with Gasteiger partial charge >= 0.3 is 10.4 Å². The van der Waals surface area contributed by atoms with Crippen LogP contribution in [0.15, 0.2) is 43.1 Å². The van der Waals surface area contributed by atoms with Gasteiger partial charge in [0.15, 0.2) is 0 Å². The average molecular weight is 378 g/mol. The Hall–Kier alpha value is -2.50. The highest BCUT2D eigenvalue weighted by atomic mass is 32.3. The molecule has 2 aromatic heterocycles. The number of rotatable bonds is 5. The fourth-order valence-electron chi connectivity index (χ4n) is 3.50. The maximum Gasteiger partial charge on any atom is 0.418 e. The molecule has 1 N–H and O–H groups in total. The Balaban J connectivity index is 1.47. The molecule has 11 heteroatoms. The summed E-state index contributed by atoms with van der Waals surface area (Å²) in [5.74, 6) is 0.419. The van der Waals surface area contributed by atoms with Crippen LogP contribution in [0.25, 0.3) is 11.3 Å². The molecule has 0 unspecified atom stereocenters. The van der Waals surface area contributed by atoms with E-state index >= 15 is 0 Å². The number of hydrogen-bond donors (Lipinski definition) is 1. The van der Waals surface area contributed by atoms with Crippen LogP contribution in [-0.2, 0) is 21.2 Å². The van der Waals surface area contributed by atoms with E-state index < -0.39 is 10.4 Å². The van der Waals surface area contributed by atoms with Crippen LogP contribution in [0, 0.1) is 0 Å². The fourth-order valence-corrected chi connectivity index (χ4v) is 3.91. The molecule has 2 aliphatic heterocycles. The van der Waals surface area contributed by atoms with Crippen molar-refractivity contribution >= 4 is 10.4 Å². The lowest BCUT2D eigenvalue weighted by molar-refractivity contribution is -0.0453. The van der Waals surface area contributed by atoms with E-state index in [1.54, 1.807) is 17.1 Å². The summed E-state index contributed by atoms with van der Waals surface area (Å²) in [7, 11) is -4.58. The second kappa shape index (κ2) is 6.34. The van der Waals surface area contributed by atoms with Crippen LogP contribution in [0.3, 0.4) is 0 Å². The number of aromatic nitrogens is 4. The highest BCUT2D eigenvalue weighted by molar-refractivity contribution is 7.80. The number of pyridine rings is 1. The molecular weight excluding hydrogens is 360 g/mol. The van der Waals surface area contributed by atoms with Crippen LogP contribution in [0.1, 0.15) is 12.8 Å². The quantitative estimate of drug-likeness (QED) is 0.751. The molecule has 0 spiro atoms. The zero-order chi connectivity index (χ0) is 18.3. The van der Waals surface area contributed by atoms with Gasteiger partial charge < -0.3 is 4.90 Å². The topological polar surface area (TPSA) is 114 Å². The average Bonchev–Trinajstić information content (AvgIpc) is 3.16. The molecule has 2 aromatic rings. The number of hydrogen-bond acceptors (Lipinski definition) is 8. The van der Waals surface area contributed by atoms with Gasteiger partial charge in [-0.1, -0.05) is 11.8 Å². The van der Waals surface area contributed by atoms with Crippen LogP contribution in [0.4, 0.5) is 0 Å². The van der Waals surface area contributed by atoms with Gasteiger partial charge in [0.1, 0.15) is 11.5 Å². The molecule has 26 heavy (non-hydrogen) atoms. The predicted octanol–water partition coefficient (Wildman–Crippen LogP) is 0.694. The van der Waals surface area contributed by atoms with Crippen LogP contribution in [-0.4, -0.2) is 61.5 Å². The summed E-state index contributed by atoms with van der Waals surface area (Å²) >= 11 is 0. The molecule has 0 radical (unpaired) electrons. The molecule has 4 rings (SSSR count). The Morgan fingerprint density at radius 2 is 2.23 bits per heavy atom. The van der Waals surface area contributed by atoms with E-state index in [1.807, 2.05) is 23.2 Å². The zero-order valence-electron chi connectivity index (χ0n) is 13.8. The van der Waals surface area contributed by atoms with Crippen molar-refractivity contribution in [2.24, 2.45) is 0 Å². The number of hydroxylamine groups is 2. The van der Waals surface area contributed by atoms with E-state index in [-0.39, 0.29) is 12.1 Å². The third-order valence-electron chi connectivity index (χ3n) is 4.67. The van der Waals surface area contributed by atoms with Gasteiger partial charge in [-0.05, 0) is 25.0 Å². The summed E-state index contributed by atoms with van der Waals surface area (Å²) in [6.45, 7) is 5.07. The van der Waals surface area contributed by atoms with Crippen molar-refractivity contribution in [1.29, 1.82) is 0 Å². The van der Waals surface area contributed by atoms with Crippen molar-refractivity contribution < 1.29 is 17.3 Å². The van der Waals surface area contributed by atoms with Crippen molar-refractivity contribution in [3.63, 3.8) is 0 Å². The lowest BCUT2D eigenvalue weighted by Gasteiger charge is -2.31. The molecular formula is C15H18N6O4S. The largest absolute Gasteiger partial charge is 0.418 e. The lowest BCUT2D eigenvalue weighted by atomic mass is 10.0. The molecule has 0 amide bonds. The number of fused-ring (bicyclic) bond motifs is 2. The Labute approximate surface area is 150 Å². The van der Waals surface area contributed by atoms with Crippen LogP contribution >= 0.6 is 0 Å². The first-order chi connectivity index (χ1) is 12.4. The van der Waals surface area contributed by atoms with E-state index in [0.717, 1.165) is 24.1 Å². The second-order valence-corrected chi connectivity index (χ2v) is 7.35. The molecule has 0 saturated carbocycles. The minimum absolute atomic E-state index is 0.0807. The van der Waals surface area contributed by atoms with Crippen molar-refractivity contribution in [1.82, 2.24) is 29.9 Å². The number of piperidine rings is 1. The molecule has 2 bridgehead atoms. The van der Waals surface area contributed by atoms with Gasteiger partial charge in [-0.15, -0.1) is 9.38 Å².